The lowest BCUT2D eigenvalue weighted by molar-refractivity contribution is -0.121. The second-order valence-electron chi connectivity index (χ2n) is 2.50. The summed E-state index contributed by atoms with van der Waals surface area (Å²) in [5.41, 5.74) is 0. The molecule has 4 nitrogen and oxygen atoms in total. The van der Waals surface area contributed by atoms with Gasteiger partial charge in [-0.15, -0.1) is 0 Å². The van der Waals surface area contributed by atoms with E-state index in [1.165, 1.54) is 6.92 Å². The Morgan fingerprint density at radius 2 is 2.15 bits per heavy atom. The van der Waals surface area contributed by atoms with Gasteiger partial charge >= 0.3 is 0 Å². The largest absolute Gasteiger partial charge is 0.376 e. The maximum Gasteiger partial charge on any atom is 0.216 e. The molecule has 78 valence electrons. The number of nitrogens with one attached hydrogen (secondary N) is 1. The van der Waals surface area contributed by atoms with Crippen LogP contribution in [0.2, 0.25) is 0 Å². The predicted octanol–water partition coefficient (Wildman–Crippen LogP) is 0.564. The van der Waals surface area contributed by atoms with Crippen LogP contribution in [0.15, 0.2) is 0 Å². The van der Waals surface area contributed by atoms with E-state index >= 15 is 0 Å². The van der Waals surface area contributed by atoms with Crippen molar-refractivity contribution < 1.29 is 14.3 Å². The zero-order valence-electron chi connectivity index (χ0n) is 8.63. The number of ether oxygens (including phenoxy) is 2. The van der Waals surface area contributed by atoms with E-state index in [0.29, 0.717) is 26.4 Å². The zero-order chi connectivity index (χ0) is 10.1. The molecule has 0 aromatic heterocycles. The number of rotatable bonds is 2. The van der Waals surface area contributed by atoms with E-state index in [1.54, 1.807) is 0 Å². The Balaban J connectivity index is 0.000000671. The van der Waals surface area contributed by atoms with Gasteiger partial charge in [-0.1, -0.05) is 13.8 Å². The fourth-order valence-electron chi connectivity index (χ4n) is 0.912. The van der Waals surface area contributed by atoms with Crippen LogP contribution in [-0.4, -0.2) is 38.4 Å². The molecule has 0 aromatic rings. The summed E-state index contributed by atoms with van der Waals surface area (Å²) in [6.07, 6.45) is 0.0349. The number of hydrogen-bond donors (Lipinski definition) is 1. The molecular weight excluding hydrogens is 170 g/mol. The molecule has 0 radical (unpaired) electrons. The standard InChI is InChI=1S/C7H13NO3.C2H6/c1-6(9)8-4-7-5-10-2-3-11-7;1-2/h7H,2-5H2,1H3,(H,8,9);1-2H3. The summed E-state index contributed by atoms with van der Waals surface area (Å²) in [6, 6.07) is 0. The monoisotopic (exact) mass is 189 g/mol. The first-order valence-electron chi connectivity index (χ1n) is 4.73. The zero-order valence-corrected chi connectivity index (χ0v) is 8.63. The highest BCUT2D eigenvalue weighted by Gasteiger charge is 2.13. The van der Waals surface area contributed by atoms with Crippen LogP contribution < -0.4 is 5.32 Å². The molecule has 1 atom stereocenters. The number of amides is 1. The van der Waals surface area contributed by atoms with Gasteiger partial charge in [0.1, 0.15) is 0 Å². The van der Waals surface area contributed by atoms with E-state index in [2.05, 4.69) is 5.32 Å². The van der Waals surface area contributed by atoms with Crippen molar-refractivity contribution in [1.29, 1.82) is 0 Å². The Kier molecular flexibility index (Phi) is 7.63. The van der Waals surface area contributed by atoms with Crippen molar-refractivity contribution in [3.8, 4) is 0 Å². The summed E-state index contributed by atoms with van der Waals surface area (Å²) in [5.74, 6) is -0.0285. The Bertz CT molecular complexity index is 133. The van der Waals surface area contributed by atoms with E-state index < -0.39 is 0 Å². The minimum Gasteiger partial charge on any atom is -0.376 e. The lowest BCUT2D eigenvalue weighted by atomic mass is 10.3. The maximum atomic E-state index is 10.5. The SMILES string of the molecule is CC.CC(=O)NCC1COCCO1. The average Bonchev–Trinajstić information content (AvgIpc) is 2.19. The first kappa shape index (κ1) is 12.4. The second-order valence-corrected chi connectivity index (χ2v) is 2.50. The molecule has 1 N–H and O–H groups in total. The van der Waals surface area contributed by atoms with Crippen molar-refractivity contribution in [2.24, 2.45) is 0 Å². The van der Waals surface area contributed by atoms with Crippen LogP contribution in [0.1, 0.15) is 20.8 Å². The van der Waals surface area contributed by atoms with Gasteiger partial charge in [-0.3, -0.25) is 4.79 Å². The summed E-state index contributed by atoms with van der Waals surface area (Å²) in [6.45, 7) is 7.92. The number of carbonyl (C=O) groups excluding carboxylic acids is 1. The molecule has 0 bridgehead atoms. The van der Waals surface area contributed by atoms with Crippen molar-refractivity contribution in [2.75, 3.05) is 26.4 Å². The summed E-state index contributed by atoms with van der Waals surface area (Å²) < 4.78 is 10.4. The highest BCUT2D eigenvalue weighted by Crippen LogP contribution is 1.98. The highest BCUT2D eigenvalue weighted by atomic mass is 16.6. The molecule has 1 unspecified atom stereocenters. The van der Waals surface area contributed by atoms with Gasteiger partial charge in [-0.25, -0.2) is 0 Å². The molecule has 1 rings (SSSR count). The van der Waals surface area contributed by atoms with E-state index in [4.69, 9.17) is 9.47 Å². The van der Waals surface area contributed by atoms with Gasteiger partial charge in [0.25, 0.3) is 0 Å². The van der Waals surface area contributed by atoms with E-state index in [1.807, 2.05) is 13.8 Å². The van der Waals surface area contributed by atoms with Gasteiger partial charge in [0.15, 0.2) is 0 Å². The second kappa shape index (κ2) is 8.01. The van der Waals surface area contributed by atoms with Crippen LogP contribution in [0.3, 0.4) is 0 Å². The molecule has 1 amide bonds. The molecule has 0 saturated carbocycles. The van der Waals surface area contributed by atoms with Gasteiger partial charge in [0.05, 0.1) is 25.9 Å². The van der Waals surface area contributed by atoms with Gasteiger partial charge in [0, 0.05) is 13.5 Å². The smallest absolute Gasteiger partial charge is 0.216 e. The molecule has 1 saturated heterocycles. The van der Waals surface area contributed by atoms with Crippen molar-refractivity contribution in [1.82, 2.24) is 5.32 Å². The van der Waals surface area contributed by atoms with Crippen LogP contribution in [0.5, 0.6) is 0 Å². The Labute approximate surface area is 79.6 Å². The maximum absolute atomic E-state index is 10.5. The molecule has 1 aliphatic heterocycles. The Morgan fingerprint density at radius 1 is 1.46 bits per heavy atom. The highest BCUT2D eigenvalue weighted by molar-refractivity contribution is 5.72. The first-order valence-corrected chi connectivity index (χ1v) is 4.73. The van der Waals surface area contributed by atoms with E-state index in [-0.39, 0.29) is 12.0 Å². The molecule has 1 heterocycles. The van der Waals surface area contributed by atoms with Crippen LogP contribution in [-0.2, 0) is 14.3 Å². The van der Waals surface area contributed by atoms with Crippen molar-refractivity contribution in [3.63, 3.8) is 0 Å². The molecule has 1 aliphatic rings. The van der Waals surface area contributed by atoms with Crippen LogP contribution in [0, 0.1) is 0 Å². The minimum atomic E-state index is -0.0285. The van der Waals surface area contributed by atoms with Gasteiger partial charge in [-0.2, -0.15) is 0 Å². The quantitative estimate of drug-likeness (QED) is 0.690. The van der Waals surface area contributed by atoms with Crippen LogP contribution in [0.25, 0.3) is 0 Å². The summed E-state index contributed by atoms with van der Waals surface area (Å²) in [4.78, 5) is 10.5. The molecule has 4 heteroatoms. The normalized spacial score (nSPS) is 21.3. The molecule has 0 spiro atoms. The third-order valence-corrected chi connectivity index (χ3v) is 1.46. The van der Waals surface area contributed by atoms with Crippen molar-refractivity contribution >= 4 is 5.91 Å². The summed E-state index contributed by atoms with van der Waals surface area (Å²) in [7, 11) is 0. The lowest BCUT2D eigenvalue weighted by Gasteiger charge is -2.22. The third-order valence-electron chi connectivity index (χ3n) is 1.46. The van der Waals surface area contributed by atoms with Gasteiger partial charge in [0.2, 0.25) is 5.91 Å². The molecular formula is C9H19NO3. The van der Waals surface area contributed by atoms with Crippen molar-refractivity contribution in [2.45, 2.75) is 26.9 Å². The molecule has 0 aromatic carbocycles. The summed E-state index contributed by atoms with van der Waals surface area (Å²) in [5, 5.41) is 2.67. The molecule has 13 heavy (non-hydrogen) atoms. The first-order chi connectivity index (χ1) is 6.29. The minimum absolute atomic E-state index is 0.0285. The van der Waals surface area contributed by atoms with Crippen LogP contribution in [0.4, 0.5) is 0 Å². The molecule has 0 aliphatic carbocycles. The predicted molar refractivity (Wildman–Crippen MR) is 50.6 cm³/mol. The van der Waals surface area contributed by atoms with Gasteiger partial charge in [-0.05, 0) is 0 Å². The van der Waals surface area contributed by atoms with E-state index in [9.17, 15) is 4.79 Å². The van der Waals surface area contributed by atoms with Crippen molar-refractivity contribution in [3.05, 3.63) is 0 Å². The Hall–Kier alpha value is -0.610. The Morgan fingerprint density at radius 3 is 2.62 bits per heavy atom. The molecule has 1 fully saturated rings. The summed E-state index contributed by atoms with van der Waals surface area (Å²) >= 11 is 0. The fourth-order valence-corrected chi connectivity index (χ4v) is 0.912. The number of hydrogen-bond acceptors (Lipinski definition) is 3. The number of carbonyl (C=O) groups is 1. The fraction of sp³-hybridized carbons (Fsp3) is 0.889. The van der Waals surface area contributed by atoms with E-state index in [0.717, 1.165) is 0 Å². The van der Waals surface area contributed by atoms with Gasteiger partial charge < -0.3 is 14.8 Å². The van der Waals surface area contributed by atoms with Crippen LogP contribution >= 0.6 is 0 Å². The average molecular weight is 189 g/mol. The lowest BCUT2D eigenvalue weighted by Crippen LogP contribution is -2.38. The topological polar surface area (TPSA) is 47.6 Å². The third kappa shape index (κ3) is 6.54.